The number of hydrogen-bond donors (Lipinski definition) is 0. The Labute approximate surface area is 160 Å². The highest BCUT2D eigenvalue weighted by Crippen LogP contribution is 2.36. The maximum Gasteiger partial charge on any atom is 0.294 e. The summed E-state index contributed by atoms with van der Waals surface area (Å²) in [5, 5.41) is 13.6. The Morgan fingerprint density at radius 2 is 2.26 bits per heavy atom. The van der Waals surface area contributed by atoms with E-state index < -0.39 is 4.92 Å². The van der Waals surface area contributed by atoms with Gasteiger partial charge in [0.1, 0.15) is 5.69 Å². The molecule has 1 aliphatic heterocycles. The quantitative estimate of drug-likeness (QED) is 0.505. The highest BCUT2D eigenvalue weighted by atomic mass is 32.1. The third-order valence-electron chi connectivity index (χ3n) is 4.94. The number of nitro groups is 1. The topological polar surface area (TPSA) is 81.3 Å². The van der Waals surface area contributed by atoms with Crippen LogP contribution in [0.25, 0.3) is 5.69 Å². The maximum atomic E-state index is 13.2. The van der Waals surface area contributed by atoms with Crippen molar-refractivity contribution in [3.63, 3.8) is 0 Å². The molecule has 0 bridgehead atoms. The molecule has 27 heavy (non-hydrogen) atoms. The van der Waals surface area contributed by atoms with Crippen LogP contribution in [0.1, 0.15) is 40.2 Å². The fraction of sp³-hybridized carbons (Fsp3) is 0.263. The van der Waals surface area contributed by atoms with E-state index in [-0.39, 0.29) is 17.6 Å². The van der Waals surface area contributed by atoms with Crippen molar-refractivity contribution in [2.45, 2.75) is 25.8 Å². The zero-order valence-electron chi connectivity index (χ0n) is 14.7. The number of carbonyl (C=O) groups excluding carboxylic acids is 1. The van der Waals surface area contributed by atoms with Crippen molar-refractivity contribution in [3.8, 4) is 5.69 Å². The molecule has 0 saturated heterocycles. The number of imidazole rings is 1. The molecule has 0 saturated carbocycles. The minimum absolute atomic E-state index is 0.0138. The van der Waals surface area contributed by atoms with E-state index in [0.29, 0.717) is 17.8 Å². The van der Waals surface area contributed by atoms with Crippen molar-refractivity contribution >= 4 is 22.9 Å². The molecular weight excluding hydrogens is 364 g/mol. The van der Waals surface area contributed by atoms with Gasteiger partial charge < -0.3 is 9.47 Å². The van der Waals surface area contributed by atoms with Crippen LogP contribution < -0.4 is 0 Å². The summed E-state index contributed by atoms with van der Waals surface area (Å²) >= 11 is 1.72. The highest BCUT2D eigenvalue weighted by molar-refractivity contribution is 7.10. The Bertz CT molecular complexity index is 996. The predicted molar refractivity (Wildman–Crippen MR) is 102 cm³/mol. The Hall–Kier alpha value is -3.00. The second kappa shape index (κ2) is 6.96. The van der Waals surface area contributed by atoms with Crippen molar-refractivity contribution in [2.24, 2.45) is 0 Å². The lowest BCUT2D eigenvalue weighted by Gasteiger charge is -2.35. The van der Waals surface area contributed by atoms with E-state index in [1.54, 1.807) is 40.4 Å². The normalized spacial score (nSPS) is 16.2. The summed E-state index contributed by atoms with van der Waals surface area (Å²) in [5.41, 5.74) is 1.81. The van der Waals surface area contributed by atoms with E-state index in [4.69, 9.17) is 0 Å². The summed E-state index contributed by atoms with van der Waals surface area (Å²) in [7, 11) is 0. The molecule has 0 spiro atoms. The number of amides is 1. The molecule has 4 rings (SSSR count). The lowest BCUT2D eigenvalue weighted by atomic mass is 9.96. The van der Waals surface area contributed by atoms with Gasteiger partial charge in [-0.05, 0) is 42.0 Å². The van der Waals surface area contributed by atoms with Gasteiger partial charge in [0, 0.05) is 35.4 Å². The zero-order valence-corrected chi connectivity index (χ0v) is 15.6. The number of nitro benzene ring substituents is 1. The van der Waals surface area contributed by atoms with Crippen LogP contribution >= 0.6 is 11.3 Å². The van der Waals surface area contributed by atoms with Crippen LogP contribution in [0.2, 0.25) is 0 Å². The monoisotopic (exact) mass is 382 g/mol. The van der Waals surface area contributed by atoms with E-state index >= 15 is 0 Å². The largest absolute Gasteiger partial charge is 0.331 e. The third kappa shape index (κ3) is 3.02. The molecule has 3 heterocycles. The Kier molecular flexibility index (Phi) is 4.49. The lowest BCUT2D eigenvalue weighted by molar-refractivity contribution is -0.384. The van der Waals surface area contributed by atoms with Crippen LogP contribution in [-0.2, 0) is 6.42 Å². The van der Waals surface area contributed by atoms with Gasteiger partial charge >= 0.3 is 0 Å². The molecule has 1 atom stereocenters. The van der Waals surface area contributed by atoms with E-state index in [2.05, 4.69) is 23.4 Å². The Balaban J connectivity index is 1.70. The number of carbonyl (C=O) groups is 1. The average molecular weight is 382 g/mol. The van der Waals surface area contributed by atoms with Gasteiger partial charge in [-0.15, -0.1) is 11.3 Å². The standard InChI is InChI=1S/C19H18N4O3S/c1-2-15-14-6-10-27-18(14)5-8-22(15)19(24)13-3-4-16(17(11-13)23(25)26)21-9-7-20-12-21/h3-4,6-7,9-12,15H,2,5,8H2,1H3. The maximum absolute atomic E-state index is 13.2. The van der Waals surface area contributed by atoms with Crippen LogP contribution in [0.15, 0.2) is 48.4 Å². The third-order valence-corrected chi connectivity index (χ3v) is 5.94. The second-order valence-corrected chi connectivity index (χ2v) is 7.40. The summed E-state index contributed by atoms with van der Waals surface area (Å²) in [6.07, 6.45) is 6.33. The lowest BCUT2D eigenvalue weighted by Crippen LogP contribution is -2.39. The summed E-state index contributed by atoms with van der Waals surface area (Å²) < 4.78 is 1.57. The minimum Gasteiger partial charge on any atom is -0.331 e. The van der Waals surface area contributed by atoms with Gasteiger partial charge in [-0.2, -0.15) is 0 Å². The van der Waals surface area contributed by atoms with Crippen molar-refractivity contribution in [2.75, 3.05) is 6.54 Å². The molecule has 2 aromatic heterocycles. The summed E-state index contributed by atoms with van der Waals surface area (Å²) in [4.78, 5) is 31.4. The van der Waals surface area contributed by atoms with Gasteiger partial charge in [0.25, 0.3) is 11.6 Å². The van der Waals surface area contributed by atoms with Gasteiger partial charge in [0.05, 0.1) is 17.3 Å². The van der Waals surface area contributed by atoms with Crippen LogP contribution in [0.3, 0.4) is 0 Å². The van der Waals surface area contributed by atoms with E-state index in [1.165, 1.54) is 22.8 Å². The fourth-order valence-electron chi connectivity index (χ4n) is 3.67. The zero-order chi connectivity index (χ0) is 19.0. The number of fused-ring (bicyclic) bond motifs is 1. The molecule has 1 unspecified atom stereocenters. The summed E-state index contributed by atoms with van der Waals surface area (Å²) in [6, 6.07) is 6.72. The molecular formula is C19H18N4O3S. The number of rotatable bonds is 4. The Morgan fingerprint density at radius 3 is 2.96 bits per heavy atom. The van der Waals surface area contributed by atoms with Crippen LogP contribution in [0.5, 0.6) is 0 Å². The number of benzene rings is 1. The molecule has 7 nitrogen and oxygen atoms in total. The smallest absolute Gasteiger partial charge is 0.294 e. The molecule has 0 aliphatic carbocycles. The van der Waals surface area contributed by atoms with E-state index in [0.717, 1.165) is 12.8 Å². The Morgan fingerprint density at radius 1 is 1.41 bits per heavy atom. The van der Waals surface area contributed by atoms with E-state index in [9.17, 15) is 14.9 Å². The molecule has 0 N–H and O–H groups in total. The van der Waals surface area contributed by atoms with Gasteiger partial charge in [0.2, 0.25) is 0 Å². The van der Waals surface area contributed by atoms with Crippen molar-refractivity contribution in [3.05, 3.63) is 74.5 Å². The first-order chi connectivity index (χ1) is 13.1. The predicted octanol–water partition coefficient (Wildman–Crippen LogP) is 3.99. The summed E-state index contributed by atoms with van der Waals surface area (Å²) in [5.74, 6) is -0.168. The SMILES string of the molecule is CCC1c2ccsc2CCN1C(=O)c1ccc(-n2ccnc2)c([N+](=O)[O-])c1. The van der Waals surface area contributed by atoms with Crippen molar-refractivity contribution in [1.82, 2.24) is 14.5 Å². The fourth-order valence-corrected chi connectivity index (χ4v) is 4.60. The first kappa shape index (κ1) is 17.4. The molecule has 1 aliphatic rings. The van der Waals surface area contributed by atoms with Gasteiger partial charge in [-0.3, -0.25) is 14.9 Å². The molecule has 1 amide bonds. The first-order valence-electron chi connectivity index (χ1n) is 8.74. The minimum atomic E-state index is -0.462. The molecule has 0 radical (unpaired) electrons. The average Bonchev–Trinajstić information content (AvgIpc) is 3.37. The number of nitrogens with zero attached hydrogens (tertiary/aromatic N) is 4. The van der Waals surface area contributed by atoms with Crippen molar-refractivity contribution < 1.29 is 9.72 Å². The molecule has 0 fully saturated rings. The molecule has 8 heteroatoms. The first-order valence-corrected chi connectivity index (χ1v) is 9.62. The van der Waals surface area contributed by atoms with E-state index in [1.807, 2.05) is 4.90 Å². The van der Waals surface area contributed by atoms with Crippen LogP contribution in [0.4, 0.5) is 5.69 Å². The van der Waals surface area contributed by atoms with Crippen LogP contribution in [-0.4, -0.2) is 31.8 Å². The van der Waals surface area contributed by atoms with Crippen molar-refractivity contribution in [1.29, 1.82) is 0 Å². The number of thiophene rings is 1. The number of hydrogen-bond acceptors (Lipinski definition) is 5. The summed E-state index contributed by atoms with van der Waals surface area (Å²) in [6.45, 7) is 2.68. The van der Waals surface area contributed by atoms with Gasteiger partial charge in [-0.25, -0.2) is 4.98 Å². The van der Waals surface area contributed by atoms with Crippen LogP contribution in [0, 0.1) is 10.1 Å². The number of aromatic nitrogens is 2. The molecule has 1 aromatic carbocycles. The molecule has 3 aromatic rings. The highest BCUT2D eigenvalue weighted by Gasteiger charge is 2.31. The second-order valence-electron chi connectivity index (χ2n) is 6.40. The molecule has 138 valence electrons. The van der Waals surface area contributed by atoms with Gasteiger partial charge in [0.15, 0.2) is 0 Å². The van der Waals surface area contributed by atoms with Gasteiger partial charge in [-0.1, -0.05) is 6.92 Å².